The van der Waals surface area contributed by atoms with Crippen LogP contribution in [0.3, 0.4) is 0 Å². The van der Waals surface area contributed by atoms with E-state index in [4.69, 9.17) is 11.6 Å². The van der Waals surface area contributed by atoms with Crippen LogP contribution >= 0.6 is 11.6 Å². The molecule has 0 heterocycles. The Morgan fingerprint density at radius 3 is 1.71 bits per heavy atom. The van der Waals surface area contributed by atoms with Crippen LogP contribution in [0.1, 0.15) is 48.0 Å². The highest BCUT2D eigenvalue weighted by molar-refractivity contribution is 6.32. The zero-order chi connectivity index (χ0) is 11.1. The molecule has 14 heavy (non-hydrogen) atoms. The molecule has 0 spiro atoms. The summed E-state index contributed by atoms with van der Waals surface area (Å²) in [5, 5.41) is 0.961. The molecule has 0 fully saturated rings. The van der Waals surface area contributed by atoms with Gasteiger partial charge in [0.05, 0.1) is 0 Å². The van der Waals surface area contributed by atoms with Crippen molar-refractivity contribution in [3.05, 3.63) is 22.3 Å². The van der Waals surface area contributed by atoms with Crippen molar-refractivity contribution in [2.75, 3.05) is 0 Å². The molecule has 0 amide bonds. The summed E-state index contributed by atoms with van der Waals surface area (Å²) in [4.78, 5) is 0. The van der Waals surface area contributed by atoms with E-state index in [1.165, 1.54) is 11.1 Å². The summed E-state index contributed by atoms with van der Waals surface area (Å²) in [6.07, 6.45) is 3.20. The molecule has 0 radical (unpaired) electrons. The Morgan fingerprint density at radius 2 is 1.50 bits per heavy atom. The summed E-state index contributed by atoms with van der Waals surface area (Å²) in [6, 6.07) is 0. The van der Waals surface area contributed by atoms with Crippen molar-refractivity contribution in [2.24, 2.45) is 10.8 Å². The fraction of sp³-hybridized carbons (Fsp3) is 0.692. The van der Waals surface area contributed by atoms with Gasteiger partial charge in [0, 0.05) is 5.03 Å². The summed E-state index contributed by atoms with van der Waals surface area (Å²) < 4.78 is 0. The summed E-state index contributed by atoms with van der Waals surface area (Å²) >= 11 is 6.27. The third kappa shape index (κ3) is 2.42. The van der Waals surface area contributed by atoms with Crippen molar-refractivity contribution in [1.29, 1.82) is 0 Å². The first-order valence-electron chi connectivity index (χ1n) is 5.22. The first-order valence-corrected chi connectivity index (χ1v) is 5.60. The fourth-order valence-electron chi connectivity index (χ4n) is 1.67. The maximum atomic E-state index is 6.27. The lowest BCUT2D eigenvalue weighted by Gasteiger charge is -2.25. The number of allylic oxidation sites excluding steroid dienone is 4. The van der Waals surface area contributed by atoms with E-state index in [1.54, 1.807) is 0 Å². The quantitative estimate of drug-likeness (QED) is 0.536. The highest BCUT2D eigenvalue weighted by Gasteiger charge is 2.29. The molecule has 0 saturated heterocycles. The molecule has 0 N–H and O–H groups in total. The maximum absolute atomic E-state index is 6.27. The van der Waals surface area contributed by atoms with E-state index < -0.39 is 0 Å². The Labute approximate surface area is 93.0 Å². The van der Waals surface area contributed by atoms with E-state index in [0.29, 0.717) is 0 Å². The standard InChI is InChI=1S/C13H21Cl/c1-12(2,3)9-7-10(11(14)8-9)13(4,5)6/h8H,7H2,1-6H3. The molecule has 0 atom stereocenters. The smallest absolute Gasteiger partial charge is 0.0406 e. The molecule has 0 aromatic carbocycles. The topological polar surface area (TPSA) is 0 Å². The van der Waals surface area contributed by atoms with Gasteiger partial charge in [0.1, 0.15) is 0 Å². The molecular weight excluding hydrogens is 192 g/mol. The van der Waals surface area contributed by atoms with Crippen molar-refractivity contribution in [1.82, 2.24) is 0 Å². The lowest BCUT2D eigenvalue weighted by Crippen LogP contribution is -2.13. The van der Waals surface area contributed by atoms with Crippen molar-refractivity contribution in [2.45, 2.75) is 48.0 Å². The molecular formula is C13H21Cl. The molecule has 80 valence electrons. The highest BCUT2D eigenvalue weighted by Crippen LogP contribution is 2.44. The van der Waals surface area contributed by atoms with Crippen LogP contribution in [0.25, 0.3) is 0 Å². The van der Waals surface area contributed by atoms with Crippen LogP contribution in [0, 0.1) is 10.8 Å². The van der Waals surface area contributed by atoms with Crippen LogP contribution in [-0.2, 0) is 0 Å². The van der Waals surface area contributed by atoms with Crippen molar-refractivity contribution < 1.29 is 0 Å². The number of hydrogen-bond acceptors (Lipinski definition) is 0. The molecule has 1 aliphatic carbocycles. The lowest BCUT2D eigenvalue weighted by atomic mass is 9.80. The Morgan fingerprint density at radius 1 is 1.00 bits per heavy atom. The van der Waals surface area contributed by atoms with Gasteiger partial charge in [-0.2, -0.15) is 0 Å². The van der Waals surface area contributed by atoms with Gasteiger partial charge >= 0.3 is 0 Å². The van der Waals surface area contributed by atoms with Crippen LogP contribution in [0.15, 0.2) is 22.3 Å². The van der Waals surface area contributed by atoms with Gasteiger partial charge in [0.25, 0.3) is 0 Å². The minimum absolute atomic E-state index is 0.195. The van der Waals surface area contributed by atoms with Crippen LogP contribution in [0.4, 0.5) is 0 Å². The molecule has 1 aliphatic rings. The van der Waals surface area contributed by atoms with Crippen molar-refractivity contribution in [3.63, 3.8) is 0 Å². The number of rotatable bonds is 0. The number of halogens is 1. The molecule has 0 aliphatic heterocycles. The summed E-state index contributed by atoms with van der Waals surface area (Å²) in [5.74, 6) is 0. The minimum Gasteiger partial charge on any atom is -0.0844 e. The van der Waals surface area contributed by atoms with E-state index >= 15 is 0 Å². The molecule has 0 bridgehead atoms. The van der Waals surface area contributed by atoms with Gasteiger partial charge in [0.2, 0.25) is 0 Å². The first kappa shape index (κ1) is 11.8. The van der Waals surface area contributed by atoms with Crippen molar-refractivity contribution in [3.8, 4) is 0 Å². The van der Waals surface area contributed by atoms with Gasteiger partial charge in [0.15, 0.2) is 0 Å². The average molecular weight is 213 g/mol. The Hall–Kier alpha value is -0.230. The van der Waals surface area contributed by atoms with Crippen LogP contribution in [0.5, 0.6) is 0 Å². The second kappa shape index (κ2) is 3.41. The molecule has 1 heteroatoms. The third-order valence-corrected chi connectivity index (χ3v) is 3.16. The second-order valence-corrected chi connectivity index (χ2v) is 6.58. The van der Waals surface area contributed by atoms with Gasteiger partial charge in [-0.1, -0.05) is 58.7 Å². The summed E-state index contributed by atoms with van der Waals surface area (Å²) in [7, 11) is 0. The van der Waals surface area contributed by atoms with Gasteiger partial charge in [-0.15, -0.1) is 0 Å². The largest absolute Gasteiger partial charge is 0.0844 e. The lowest BCUT2D eigenvalue weighted by molar-refractivity contribution is 0.457. The zero-order valence-electron chi connectivity index (χ0n) is 10.2. The highest BCUT2D eigenvalue weighted by atomic mass is 35.5. The van der Waals surface area contributed by atoms with Crippen LogP contribution in [-0.4, -0.2) is 0 Å². The molecule has 0 saturated carbocycles. The molecule has 1 rings (SSSR count). The molecule has 0 nitrogen and oxygen atoms in total. The first-order chi connectivity index (χ1) is 6.12. The van der Waals surface area contributed by atoms with Gasteiger partial charge in [-0.25, -0.2) is 0 Å². The molecule has 0 unspecified atom stereocenters. The van der Waals surface area contributed by atoms with Crippen LogP contribution < -0.4 is 0 Å². The second-order valence-electron chi connectivity index (χ2n) is 6.17. The zero-order valence-corrected chi connectivity index (χ0v) is 10.9. The monoisotopic (exact) mass is 212 g/mol. The van der Waals surface area contributed by atoms with Gasteiger partial charge < -0.3 is 0 Å². The molecule has 0 aromatic heterocycles. The van der Waals surface area contributed by atoms with E-state index in [9.17, 15) is 0 Å². The van der Waals surface area contributed by atoms with Gasteiger partial charge in [-0.05, 0) is 28.9 Å². The predicted molar refractivity (Wildman–Crippen MR) is 64.5 cm³/mol. The normalized spacial score (nSPS) is 18.9. The van der Waals surface area contributed by atoms with Crippen molar-refractivity contribution >= 4 is 11.6 Å². The van der Waals surface area contributed by atoms with E-state index in [2.05, 4.69) is 47.6 Å². The van der Waals surface area contributed by atoms with Crippen LogP contribution in [0.2, 0.25) is 0 Å². The minimum atomic E-state index is 0.195. The van der Waals surface area contributed by atoms with Gasteiger partial charge in [-0.3, -0.25) is 0 Å². The van der Waals surface area contributed by atoms with E-state index in [0.717, 1.165) is 11.5 Å². The Balaban J connectivity index is 2.91. The average Bonchev–Trinajstić information content (AvgIpc) is 2.27. The predicted octanol–water partition coefficient (Wildman–Crippen LogP) is 4.90. The molecule has 0 aromatic rings. The SMILES string of the molecule is CC(C)(C)C1=CC(Cl)=C(C(C)(C)C)C1. The Bertz CT molecular complexity index is 292. The summed E-state index contributed by atoms with van der Waals surface area (Å²) in [6.45, 7) is 13.4. The third-order valence-electron chi connectivity index (χ3n) is 2.83. The Kier molecular flexibility index (Phi) is 2.89. The van der Waals surface area contributed by atoms with E-state index in [1.807, 2.05) is 0 Å². The summed E-state index contributed by atoms with van der Waals surface area (Å²) in [5.41, 5.74) is 3.27. The van der Waals surface area contributed by atoms with E-state index in [-0.39, 0.29) is 10.8 Å². The number of hydrogen-bond donors (Lipinski definition) is 0. The fourth-order valence-corrected chi connectivity index (χ4v) is 2.15. The maximum Gasteiger partial charge on any atom is 0.0406 e.